The second-order valence-electron chi connectivity index (χ2n) is 12.8. The van der Waals surface area contributed by atoms with Gasteiger partial charge in [-0.3, -0.25) is 0 Å². The van der Waals surface area contributed by atoms with Crippen LogP contribution in [0.15, 0.2) is 162 Å². The molecule has 5 nitrogen and oxygen atoms in total. The van der Waals surface area contributed by atoms with Gasteiger partial charge in [0.25, 0.3) is 0 Å². The maximum absolute atomic E-state index is 6.74. The number of hydrogen-bond donors (Lipinski definition) is 0. The van der Waals surface area contributed by atoms with Gasteiger partial charge in [0.1, 0.15) is 5.58 Å². The molecule has 0 fully saturated rings. The third-order valence-corrected chi connectivity index (χ3v) is 11.0. The normalized spacial score (nSPS) is 11.9. The molecule has 11 aromatic rings. The maximum Gasteiger partial charge on any atom is 0.164 e. The molecule has 51 heavy (non-hydrogen) atoms. The molecule has 0 aliphatic rings. The first-order valence-corrected chi connectivity index (χ1v) is 17.8. The van der Waals surface area contributed by atoms with Crippen LogP contribution in [0.4, 0.5) is 0 Å². The first-order valence-electron chi connectivity index (χ1n) is 16.9. The molecule has 0 atom stereocenters. The summed E-state index contributed by atoms with van der Waals surface area (Å²) in [5.74, 6) is 1.88. The van der Waals surface area contributed by atoms with Gasteiger partial charge in [-0.1, -0.05) is 115 Å². The molecule has 0 aliphatic heterocycles. The van der Waals surface area contributed by atoms with E-state index in [0.29, 0.717) is 17.5 Å². The molecule has 0 radical (unpaired) electrons. The van der Waals surface area contributed by atoms with E-state index in [1.54, 1.807) is 11.3 Å². The average Bonchev–Trinajstić information content (AvgIpc) is 3.87. The van der Waals surface area contributed by atoms with Gasteiger partial charge in [0.15, 0.2) is 23.1 Å². The van der Waals surface area contributed by atoms with Gasteiger partial charge in [-0.15, -0.1) is 11.3 Å². The number of fused-ring (bicyclic) bond motifs is 10. The average molecular weight is 671 g/mol. The van der Waals surface area contributed by atoms with E-state index in [0.717, 1.165) is 49.0 Å². The Morgan fingerprint density at radius 1 is 0.431 bits per heavy atom. The van der Waals surface area contributed by atoms with Crippen molar-refractivity contribution in [3.63, 3.8) is 0 Å². The molecule has 0 aliphatic carbocycles. The standard InChI is InChI=1S/C45H26N4OS/c1-3-11-27(12-4-1)43-46-44(28-13-5-2-6-14-28)48-45(47-43)29-19-21-33-35-23-24-36-34-22-20-30(26-40(34)51-42(36)41(35)50-39(33)25-29)49-37-17-9-7-15-31(37)32-16-8-10-18-38(32)49/h1-26H. The van der Waals surface area contributed by atoms with Crippen molar-refractivity contribution in [2.45, 2.75) is 0 Å². The van der Waals surface area contributed by atoms with E-state index in [2.05, 4.69) is 102 Å². The van der Waals surface area contributed by atoms with E-state index in [1.807, 2.05) is 60.7 Å². The molecule has 4 aromatic heterocycles. The number of furan rings is 1. The lowest BCUT2D eigenvalue weighted by Gasteiger charge is -2.08. The summed E-state index contributed by atoms with van der Waals surface area (Å²) in [7, 11) is 0. The van der Waals surface area contributed by atoms with Crippen LogP contribution in [0.3, 0.4) is 0 Å². The Kier molecular flexibility index (Phi) is 6.05. The molecule has 0 spiro atoms. The second kappa shape index (κ2) is 10.9. The molecule has 4 heterocycles. The van der Waals surface area contributed by atoms with Gasteiger partial charge >= 0.3 is 0 Å². The summed E-state index contributed by atoms with van der Waals surface area (Å²) < 4.78 is 11.5. The van der Waals surface area contributed by atoms with Crippen molar-refractivity contribution in [1.29, 1.82) is 0 Å². The predicted octanol–water partition coefficient (Wildman–Crippen LogP) is 12.2. The summed E-state index contributed by atoms with van der Waals surface area (Å²) in [5, 5.41) is 7.13. The lowest BCUT2D eigenvalue weighted by Crippen LogP contribution is -2.00. The zero-order valence-corrected chi connectivity index (χ0v) is 27.9. The quantitative estimate of drug-likeness (QED) is 0.187. The molecular formula is C45H26N4OS. The minimum absolute atomic E-state index is 0.606. The fraction of sp³-hybridized carbons (Fsp3) is 0. The number of nitrogens with zero attached hydrogens (tertiary/aromatic N) is 4. The highest BCUT2D eigenvalue weighted by Crippen LogP contribution is 2.43. The summed E-state index contributed by atoms with van der Waals surface area (Å²) in [6.07, 6.45) is 0. The molecule has 0 N–H and O–H groups in total. The molecule has 6 heteroatoms. The van der Waals surface area contributed by atoms with Crippen LogP contribution in [0, 0.1) is 0 Å². The summed E-state index contributed by atoms with van der Waals surface area (Å²) in [6, 6.07) is 54.9. The van der Waals surface area contributed by atoms with E-state index >= 15 is 0 Å². The van der Waals surface area contributed by atoms with Crippen LogP contribution in [-0.4, -0.2) is 19.5 Å². The summed E-state index contributed by atoms with van der Waals surface area (Å²) in [4.78, 5) is 14.7. The van der Waals surface area contributed by atoms with Gasteiger partial charge in [-0.05, 0) is 42.5 Å². The van der Waals surface area contributed by atoms with E-state index in [1.165, 1.54) is 37.3 Å². The van der Waals surface area contributed by atoms with E-state index in [-0.39, 0.29) is 0 Å². The Morgan fingerprint density at radius 2 is 0.980 bits per heavy atom. The van der Waals surface area contributed by atoms with Gasteiger partial charge in [0.2, 0.25) is 0 Å². The summed E-state index contributed by atoms with van der Waals surface area (Å²) >= 11 is 1.79. The van der Waals surface area contributed by atoms with Gasteiger partial charge in [-0.2, -0.15) is 0 Å². The van der Waals surface area contributed by atoms with Crippen LogP contribution >= 0.6 is 11.3 Å². The smallest absolute Gasteiger partial charge is 0.164 e. The van der Waals surface area contributed by atoms with Gasteiger partial charge in [-0.25, -0.2) is 15.0 Å². The zero-order chi connectivity index (χ0) is 33.5. The van der Waals surface area contributed by atoms with Crippen LogP contribution in [-0.2, 0) is 0 Å². The van der Waals surface area contributed by atoms with Crippen molar-refractivity contribution in [2.24, 2.45) is 0 Å². The largest absolute Gasteiger partial charge is 0.455 e. The zero-order valence-electron chi connectivity index (χ0n) is 27.1. The highest BCUT2D eigenvalue weighted by Gasteiger charge is 2.18. The summed E-state index contributed by atoms with van der Waals surface area (Å²) in [6.45, 7) is 0. The van der Waals surface area contributed by atoms with Crippen LogP contribution in [0.25, 0.3) is 104 Å². The number of para-hydroxylation sites is 2. The number of aromatic nitrogens is 4. The molecule has 0 bridgehead atoms. The Hall–Kier alpha value is -6.63. The van der Waals surface area contributed by atoms with Crippen LogP contribution in [0.1, 0.15) is 0 Å². The highest BCUT2D eigenvalue weighted by atomic mass is 32.1. The fourth-order valence-electron chi connectivity index (χ4n) is 7.47. The second-order valence-corrected chi connectivity index (χ2v) is 13.9. The topological polar surface area (TPSA) is 56.7 Å². The Morgan fingerprint density at radius 3 is 1.65 bits per heavy atom. The van der Waals surface area contributed by atoms with E-state index in [4.69, 9.17) is 19.4 Å². The molecule has 0 saturated carbocycles. The third kappa shape index (κ3) is 4.37. The first-order chi connectivity index (χ1) is 25.3. The maximum atomic E-state index is 6.74. The van der Waals surface area contributed by atoms with Gasteiger partial charge in [0, 0.05) is 59.4 Å². The number of thiophene rings is 1. The SMILES string of the molecule is c1ccc(-c2nc(-c3ccccc3)nc(-c3ccc4c(c3)oc3c4ccc4c5ccc(-n6c7ccccc7c7ccccc76)cc5sc43)n2)cc1. The van der Waals surface area contributed by atoms with E-state index in [9.17, 15) is 0 Å². The highest BCUT2D eigenvalue weighted by molar-refractivity contribution is 7.26. The molecular weight excluding hydrogens is 645 g/mol. The van der Waals surface area contributed by atoms with Crippen LogP contribution < -0.4 is 0 Å². The lowest BCUT2D eigenvalue weighted by atomic mass is 10.1. The van der Waals surface area contributed by atoms with E-state index < -0.39 is 0 Å². The lowest BCUT2D eigenvalue weighted by molar-refractivity contribution is 0.673. The number of benzene rings is 7. The van der Waals surface area contributed by atoms with Crippen molar-refractivity contribution in [3.8, 4) is 39.9 Å². The van der Waals surface area contributed by atoms with Gasteiger partial charge in [0.05, 0.1) is 15.7 Å². The number of rotatable bonds is 4. The molecule has 11 rings (SSSR count). The van der Waals surface area contributed by atoms with Crippen molar-refractivity contribution in [3.05, 3.63) is 158 Å². The van der Waals surface area contributed by atoms with Crippen LogP contribution in [0.2, 0.25) is 0 Å². The molecule has 0 amide bonds. The Bertz CT molecular complexity index is 3030. The monoisotopic (exact) mass is 670 g/mol. The minimum Gasteiger partial charge on any atom is -0.455 e. The first kappa shape index (κ1) is 28.2. The predicted molar refractivity (Wildman–Crippen MR) is 211 cm³/mol. The molecule has 0 saturated heterocycles. The molecule has 0 unspecified atom stereocenters. The van der Waals surface area contributed by atoms with Crippen molar-refractivity contribution < 1.29 is 4.42 Å². The minimum atomic E-state index is 0.606. The molecule has 7 aromatic carbocycles. The van der Waals surface area contributed by atoms with Crippen molar-refractivity contribution in [2.75, 3.05) is 0 Å². The van der Waals surface area contributed by atoms with Crippen molar-refractivity contribution >= 4 is 75.3 Å². The number of hydrogen-bond acceptors (Lipinski definition) is 5. The van der Waals surface area contributed by atoms with Gasteiger partial charge < -0.3 is 8.98 Å². The summed E-state index contributed by atoms with van der Waals surface area (Å²) in [5.41, 5.74) is 8.04. The Labute approximate surface area is 295 Å². The molecule has 238 valence electrons. The van der Waals surface area contributed by atoms with Crippen molar-refractivity contribution in [1.82, 2.24) is 19.5 Å². The van der Waals surface area contributed by atoms with Crippen LogP contribution in [0.5, 0.6) is 0 Å². The fourth-order valence-corrected chi connectivity index (χ4v) is 8.69. The third-order valence-electron chi connectivity index (χ3n) is 9.86. The Balaban J connectivity index is 1.07.